The van der Waals surface area contributed by atoms with E-state index in [0.717, 1.165) is 24.5 Å². The van der Waals surface area contributed by atoms with Crippen molar-refractivity contribution in [3.63, 3.8) is 0 Å². The zero-order valence-corrected chi connectivity index (χ0v) is 17.4. The van der Waals surface area contributed by atoms with Gasteiger partial charge < -0.3 is 19.3 Å². The van der Waals surface area contributed by atoms with Gasteiger partial charge in [0.15, 0.2) is 0 Å². The van der Waals surface area contributed by atoms with Crippen LogP contribution < -0.4 is 14.4 Å². The van der Waals surface area contributed by atoms with Gasteiger partial charge in [-0.25, -0.2) is 0 Å². The van der Waals surface area contributed by atoms with E-state index in [1.807, 2.05) is 23.1 Å². The lowest BCUT2D eigenvalue weighted by molar-refractivity contribution is -0.131. The van der Waals surface area contributed by atoms with Crippen molar-refractivity contribution in [2.45, 2.75) is 12.8 Å². The Morgan fingerprint density at radius 3 is 2.50 bits per heavy atom. The fourth-order valence-corrected chi connectivity index (χ4v) is 3.71. The molecule has 0 N–H and O–H groups in total. The van der Waals surface area contributed by atoms with Crippen LogP contribution in [0.5, 0.6) is 11.5 Å². The van der Waals surface area contributed by atoms with Crippen LogP contribution in [0.3, 0.4) is 0 Å². The first kappa shape index (κ1) is 20.6. The van der Waals surface area contributed by atoms with Crippen LogP contribution in [0.2, 0.25) is 10.0 Å². The topological polar surface area (TPSA) is 42.0 Å². The molecular formula is C21H24Cl2N2O3. The van der Waals surface area contributed by atoms with Crippen molar-refractivity contribution in [2.24, 2.45) is 0 Å². The number of methoxy groups -OCH3 is 1. The summed E-state index contributed by atoms with van der Waals surface area (Å²) in [5, 5.41) is 1.05. The number of carbonyl (C=O) groups is 1. The minimum atomic E-state index is 0.158. The smallest absolute Gasteiger partial charge is 0.222 e. The molecule has 1 heterocycles. The summed E-state index contributed by atoms with van der Waals surface area (Å²) in [4.78, 5) is 16.6. The van der Waals surface area contributed by atoms with Gasteiger partial charge >= 0.3 is 0 Å². The highest BCUT2D eigenvalue weighted by molar-refractivity contribution is 6.35. The van der Waals surface area contributed by atoms with E-state index in [9.17, 15) is 4.79 Å². The maximum Gasteiger partial charge on any atom is 0.222 e. The quantitative estimate of drug-likeness (QED) is 0.615. The molecule has 1 saturated heterocycles. The maximum atomic E-state index is 12.5. The maximum absolute atomic E-state index is 12.5. The molecule has 7 heteroatoms. The van der Waals surface area contributed by atoms with Crippen LogP contribution in [0.4, 0.5) is 5.69 Å². The van der Waals surface area contributed by atoms with Gasteiger partial charge in [-0.15, -0.1) is 0 Å². The lowest BCUT2D eigenvalue weighted by atomic mass is 10.2. The number of ether oxygens (including phenoxy) is 2. The average Bonchev–Trinajstić information content (AvgIpc) is 2.72. The van der Waals surface area contributed by atoms with Crippen molar-refractivity contribution < 1.29 is 14.3 Å². The Morgan fingerprint density at radius 1 is 1.04 bits per heavy atom. The Kier molecular flexibility index (Phi) is 7.29. The second-order valence-electron chi connectivity index (χ2n) is 6.57. The minimum Gasteiger partial charge on any atom is -0.495 e. The summed E-state index contributed by atoms with van der Waals surface area (Å²) in [5.41, 5.74) is 1.07. The first-order chi connectivity index (χ1) is 13.6. The Bertz CT molecular complexity index is 808. The minimum absolute atomic E-state index is 0.158. The van der Waals surface area contributed by atoms with Crippen molar-refractivity contribution in [3.05, 3.63) is 52.5 Å². The van der Waals surface area contributed by atoms with Crippen LogP contribution in [0.25, 0.3) is 0 Å². The third-order valence-corrected chi connectivity index (χ3v) is 5.28. The molecule has 1 amide bonds. The molecule has 1 aliphatic heterocycles. The fourth-order valence-electron chi connectivity index (χ4n) is 3.24. The lowest BCUT2D eigenvalue weighted by Gasteiger charge is -2.36. The Morgan fingerprint density at radius 2 is 1.79 bits per heavy atom. The van der Waals surface area contributed by atoms with Crippen LogP contribution in [0.15, 0.2) is 42.5 Å². The van der Waals surface area contributed by atoms with E-state index in [4.69, 9.17) is 32.7 Å². The second kappa shape index (κ2) is 9.89. The number of anilines is 1. The molecule has 2 aromatic rings. The van der Waals surface area contributed by atoms with Gasteiger partial charge in [-0.1, -0.05) is 35.3 Å². The van der Waals surface area contributed by atoms with Gasteiger partial charge in [0.25, 0.3) is 0 Å². The number of rotatable bonds is 7. The van der Waals surface area contributed by atoms with Crippen molar-refractivity contribution in [1.82, 2.24) is 4.90 Å². The number of para-hydroxylation sites is 2. The van der Waals surface area contributed by atoms with Gasteiger partial charge in [-0.05, 0) is 36.8 Å². The largest absolute Gasteiger partial charge is 0.495 e. The molecule has 28 heavy (non-hydrogen) atoms. The predicted octanol–water partition coefficient (Wildman–Crippen LogP) is 4.51. The van der Waals surface area contributed by atoms with Gasteiger partial charge in [-0.2, -0.15) is 0 Å². The van der Waals surface area contributed by atoms with E-state index in [1.54, 1.807) is 25.3 Å². The zero-order chi connectivity index (χ0) is 19.9. The number of carbonyl (C=O) groups excluding carboxylic acids is 1. The summed E-state index contributed by atoms with van der Waals surface area (Å²) in [6, 6.07) is 13.1. The van der Waals surface area contributed by atoms with Crippen molar-refractivity contribution in [2.75, 3.05) is 44.8 Å². The summed E-state index contributed by atoms with van der Waals surface area (Å²) in [6.45, 7) is 3.45. The van der Waals surface area contributed by atoms with Crippen LogP contribution in [0.1, 0.15) is 12.8 Å². The molecule has 0 aliphatic carbocycles. The molecule has 0 atom stereocenters. The third-order valence-electron chi connectivity index (χ3n) is 4.74. The molecule has 0 saturated carbocycles. The molecule has 0 unspecified atom stereocenters. The first-order valence-electron chi connectivity index (χ1n) is 9.32. The standard InChI is InChI=1S/C21H24Cl2N2O3/c1-27-20-6-3-2-5-18(20)24-10-12-25(13-11-24)21(26)7-4-14-28-19-9-8-16(22)15-17(19)23/h2-3,5-6,8-9,15H,4,7,10-14H2,1H3. The van der Waals surface area contributed by atoms with Crippen molar-refractivity contribution in [1.29, 1.82) is 0 Å². The fraction of sp³-hybridized carbons (Fsp3) is 0.381. The Labute approximate surface area is 175 Å². The molecular weight excluding hydrogens is 399 g/mol. The normalized spacial score (nSPS) is 14.1. The molecule has 3 rings (SSSR count). The number of piperazine rings is 1. The summed E-state index contributed by atoms with van der Waals surface area (Å²) in [5.74, 6) is 1.61. The zero-order valence-electron chi connectivity index (χ0n) is 15.9. The highest BCUT2D eigenvalue weighted by Gasteiger charge is 2.22. The highest BCUT2D eigenvalue weighted by Crippen LogP contribution is 2.29. The summed E-state index contributed by atoms with van der Waals surface area (Å²) in [7, 11) is 1.68. The van der Waals surface area contributed by atoms with Crippen LogP contribution in [0, 0.1) is 0 Å². The van der Waals surface area contributed by atoms with Gasteiger partial charge in [0, 0.05) is 37.6 Å². The molecule has 1 fully saturated rings. The van der Waals surface area contributed by atoms with E-state index in [1.165, 1.54) is 0 Å². The number of benzene rings is 2. The molecule has 0 radical (unpaired) electrons. The summed E-state index contributed by atoms with van der Waals surface area (Å²) in [6.07, 6.45) is 1.10. The van der Waals surface area contributed by atoms with Crippen LogP contribution >= 0.6 is 23.2 Å². The monoisotopic (exact) mass is 422 g/mol. The number of hydrogen-bond acceptors (Lipinski definition) is 4. The molecule has 0 bridgehead atoms. The SMILES string of the molecule is COc1ccccc1N1CCN(C(=O)CCCOc2ccc(Cl)cc2Cl)CC1. The average molecular weight is 423 g/mol. The molecule has 1 aliphatic rings. The first-order valence-corrected chi connectivity index (χ1v) is 10.1. The van der Waals surface area contributed by atoms with E-state index in [0.29, 0.717) is 48.3 Å². The number of amides is 1. The molecule has 2 aromatic carbocycles. The molecule has 0 spiro atoms. The second-order valence-corrected chi connectivity index (χ2v) is 7.41. The van der Waals surface area contributed by atoms with E-state index < -0.39 is 0 Å². The van der Waals surface area contributed by atoms with Crippen molar-refractivity contribution >= 4 is 34.8 Å². The van der Waals surface area contributed by atoms with Crippen LogP contribution in [-0.4, -0.2) is 50.7 Å². The molecule has 0 aromatic heterocycles. The van der Waals surface area contributed by atoms with E-state index in [-0.39, 0.29) is 5.91 Å². The van der Waals surface area contributed by atoms with Crippen molar-refractivity contribution in [3.8, 4) is 11.5 Å². The molecule has 150 valence electrons. The number of halogens is 2. The highest BCUT2D eigenvalue weighted by atomic mass is 35.5. The van der Waals surface area contributed by atoms with E-state index >= 15 is 0 Å². The summed E-state index contributed by atoms with van der Waals surface area (Å²) >= 11 is 12.0. The predicted molar refractivity (Wildman–Crippen MR) is 113 cm³/mol. The molecule has 5 nitrogen and oxygen atoms in total. The van der Waals surface area contributed by atoms with Gasteiger partial charge in [0.05, 0.1) is 24.4 Å². The Balaban J connectivity index is 1.41. The lowest BCUT2D eigenvalue weighted by Crippen LogP contribution is -2.48. The summed E-state index contributed by atoms with van der Waals surface area (Å²) < 4.78 is 11.1. The number of nitrogens with zero attached hydrogens (tertiary/aromatic N) is 2. The van der Waals surface area contributed by atoms with Gasteiger partial charge in [0.2, 0.25) is 5.91 Å². The van der Waals surface area contributed by atoms with Gasteiger partial charge in [-0.3, -0.25) is 4.79 Å². The Hall–Kier alpha value is -2.11. The number of hydrogen-bond donors (Lipinski definition) is 0. The van der Waals surface area contributed by atoms with Gasteiger partial charge in [0.1, 0.15) is 11.5 Å². The third kappa shape index (κ3) is 5.24. The van der Waals surface area contributed by atoms with Crippen LogP contribution in [-0.2, 0) is 4.79 Å². The van der Waals surface area contributed by atoms with E-state index in [2.05, 4.69) is 11.0 Å².